The summed E-state index contributed by atoms with van der Waals surface area (Å²) in [5, 5.41) is 13.3. The van der Waals surface area contributed by atoms with Crippen molar-refractivity contribution >= 4 is 29.1 Å². The molecule has 7 nitrogen and oxygen atoms in total. The van der Waals surface area contributed by atoms with Crippen LogP contribution in [0.2, 0.25) is 10.0 Å². The Balaban J connectivity index is 1.78. The second-order valence-electron chi connectivity index (χ2n) is 8.87. The number of pyridine rings is 1. The van der Waals surface area contributed by atoms with Crippen molar-refractivity contribution < 1.29 is 14.6 Å². The Labute approximate surface area is 218 Å². The van der Waals surface area contributed by atoms with Gasteiger partial charge in [0.05, 0.1) is 17.2 Å². The van der Waals surface area contributed by atoms with Crippen LogP contribution in [0.25, 0.3) is 0 Å². The predicted octanol–water partition coefficient (Wildman–Crippen LogP) is 5.12. The van der Waals surface area contributed by atoms with Crippen molar-refractivity contribution in [3.8, 4) is 11.5 Å². The molecule has 1 amide bonds. The third-order valence-electron chi connectivity index (χ3n) is 6.82. The van der Waals surface area contributed by atoms with E-state index in [1.54, 1.807) is 21.7 Å². The summed E-state index contributed by atoms with van der Waals surface area (Å²) < 4.78 is 7.52. The van der Waals surface area contributed by atoms with Crippen molar-refractivity contribution in [2.45, 2.75) is 31.3 Å². The molecule has 1 aromatic heterocycles. The number of hydrogen-bond donors (Lipinski definition) is 1. The monoisotopic (exact) mass is 525 g/mol. The van der Waals surface area contributed by atoms with Gasteiger partial charge in [0.2, 0.25) is 5.43 Å². The molecular weight excluding hydrogens is 501 g/mol. The van der Waals surface area contributed by atoms with Crippen LogP contribution >= 0.6 is 23.2 Å². The summed E-state index contributed by atoms with van der Waals surface area (Å²) >= 11 is 13.0. The molecule has 2 heterocycles. The van der Waals surface area contributed by atoms with Crippen molar-refractivity contribution in [2.75, 3.05) is 18.3 Å². The number of benzene rings is 2. The van der Waals surface area contributed by atoms with Gasteiger partial charge in [0.15, 0.2) is 11.4 Å². The average molecular weight is 526 g/mol. The van der Waals surface area contributed by atoms with E-state index in [-0.39, 0.29) is 17.4 Å². The van der Waals surface area contributed by atoms with Gasteiger partial charge in [-0.2, -0.15) is 0 Å². The van der Waals surface area contributed by atoms with Gasteiger partial charge in [-0.25, -0.2) is 0 Å². The molecule has 1 aliphatic heterocycles. The minimum atomic E-state index is -0.624. The zero-order valence-corrected chi connectivity index (χ0v) is 21.2. The molecule has 1 fully saturated rings. The molecule has 9 heteroatoms. The largest absolute Gasteiger partial charge is 0.502 e. The molecule has 0 bridgehead atoms. The first-order chi connectivity index (χ1) is 17.3. The Morgan fingerprint density at radius 1 is 1.14 bits per heavy atom. The van der Waals surface area contributed by atoms with Gasteiger partial charge in [-0.15, -0.1) is 6.58 Å². The third-order valence-corrected chi connectivity index (χ3v) is 7.61. The Hall–Kier alpha value is -3.42. The fourth-order valence-electron chi connectivity index (χ4n) is 4.80. The standard InChI is InChI=1S/C27H25Cl2N3O4/c1-3-27(13-14-27)30-16-32(31-15-12-20(33)24(34)23(31)26(30)35)22(17-8-6-5-7-9-17)18-10-11-19(28)21(29)25(18)36-4-2/h3,5-12,15,22,34H,1,4,13-14,16H2,2H3/t22-/m0/s1. The van der Waals surface area contributed by atoms with Gasteiger partial charge in [0.25, 0.3) is 5.91 Å². The van der Waals surface area contributed by atoms with Crippen LogP contribution in [-0.4, -0.2) is 39.4 Å². The van der Waals surface area contributed by atoms with E-state index in [1.807, 2.05) is 48.3 Å². The Kier molecular flexibility index (Phi) is 6.22. The molecule has 3 aromatic rings. The highest BCUT2D eigenvalue weighted by molar-refractivity contribution is 6.43. The molecule has 1 N–H and O–H groups in total. The predicted molar refractivity (Wildman–Crippen MR) is 140 cm³/mol. The summed E-state index contributed by atoms with van der Waals surface area (Å²) in [5.41, 5.74) is 0.347. The third kappa shape index (κ3) is 3.83. The number of fused-ring (bicyclic) bond motifs is 1. The second kappa shape index (κ2) is 9.22. The number of ether oxygens (including phenoxy) is 1. The van der Waals surface area contributed by atoms with Crippen LogP contribution in [0.3, 0.4) is 0 Å². The lowest BCUT2D eigenvalue weighted by atomic mass is 9.96. The Morgan fingerprint density at radius 2 is 1.86 bits per heavy atom. The smallest absolute Gasteiger partial charge is 0.278 e. The van der Waals surface area contributed by atoms with Gasteiger partial charge in [0.1, 0.15) is 23.5 Å². The lowest BCUT2D eigenvalue weighted by molar-refractivity contribution is 0.0606. The van der Waals surface area contributed by atoms with Crippen molar-refractivity contribution in [3.63, 3.8) is 0 Å². The molecule has 0 unspecified atom stereocenters. The average Bonchev–Trinajstić information content (AvgIpc) is 3.68. The van der Waals surface area contributed by atoms with Gasteiger partial charge in [-0.05, 0) is 31.4 Å². The van der Waals surface area contributed by atoms with Crippen LogP contribution in [-0.2, 0) is 0 Å². The lowest BCUT2D eigenvalue weighted by Crippen LogP contribution is -2.58. The summed E-state index contributed by atoms with van der Waals surface area (Å²) in [6.07, 6.45) is 4.77. The molecule has 5 rings (SSSR count). The van der Waals surface area contributed by atoms with E-state index in [1.165, 1.54) is 12.3 Å². The minimum Gasteiger partial charge on any atom is -0.502 e. The Bertz CT molecular complexity index is 1400. The summed E-state index contributed by atoms with van der Waals surface area (Å²) in [5.74, 6) is -0.589. The van der Waals surface area contributed by atoms with E-state index in [0.29, 0.717) is 17.4 Å². The first-order valence-electron chi connectivity index (χ1n) is 11.7. The van der Waals surface area contributed by atoms with Gasteiger partial charge >= 0.3 is 0 Å². The van der Waals surface area contributed by atoms with Crippen LogP contribution in [0, 0.1) is 0 Å². The van der Waals surface area contributed by atoms with E-state index in [0.717, 1.165) is 24.0 Å². The molecule has 2 aliphatic rings. The second-order valence-corrected chi connectivity index (χ2v) is 9.65. The molecular formula is C27H25Cl2N3O4. The molecule has 1 aliphatic carbocycles. The minimum absolute atomic E-state index is 0.0965. The summed E-state index contributed by atoms with van der Waals surface area (Å²) in [4.78, 5) is 27.7. The number of carbonyl (C=O) groups excluding carboxylic acids is 1. The highest BCUT2D eigenvalue weighted by Crippen LogP contribution is 2.47. The first kappa shape index (κ1) is 24.3. The number of nitrogens with zero attached hydrogens (tertiary/aromatic N) is 3. The van der Waals surface area contributed by atoms with Gasteiger partial charge in [-0.1, -0.05) is 65.7 Å². The van der Waals surface area contributed by atoms with E-state index in [9.17, 15) is 14.7 Å². The number of hydrogen-bond acceptors (Lipinski definition) is 5. The van der Waals surface area contributed by atoms with Crippen molar-refractivity contribution in [2.24, 2.45) is 0 Å². The Morgan fingerprint density at radius 3 is 2.50 bits per heavy atom. The number of halogens is 2. The zero-order chi connectivity index (χ0) is 25.6. The van der Waals surface area contributed by atoms with E-state index in [2.05, 4.69) is 6.58 Å². The number of amides is 1. The fraction of sp³-hybridized carbons (Fsp3) is 0.259. The van der Waals surface area contributed by atoms with E-state index < -0.39 is 28.7 Å². The van der Waals surface area contributed by atoms with Gasteiger partial charge < -0.3 is 14.7 Å². The quantitative estimate of drug-likeness (QED) is 0.433. The molecule has 0 spiro atoms. The maximum atomic E-state index is 13.6. The van der Waals surface area contributed by atoms with Gasteiger partial charge in [-0.3, -0.25) is 19.3 Å². The summed E-state index contributed by atoms with van der Waals surface area (Å²) in [7, 11) is 0. The molecule has 36 heavy (non-hydrogen) atoms. The highest BCUT2D eigenvalue weighted by Gasteiger charge is 2.52. The highest BCUT2D eigenvalue weighted by atomic mass is 35.5. The maximum absolute atomic E-state index is 13.6. The normalized spacial score (nSPS) is 16.9. The maximum Gasteiger partial charge on any atom is 0.278 e. The van der Waals surface area contributed by atoms with Crippen LogP contribution in [0.5, 0.6) is 11.5 Å². The molecule has 1 atom stereocenters. The molecule has 1 saturated carbocycles. The first-order valence-corrected chi connectivity index (χ1v) is 12.4. The van der Waals surface area contributed by atoms with Crippen LogP contribution in [0.15, 0.2) is 72.2 Å². The van der Waals surface area contributed by atoms with Gasteiger partial charge in [0, 0.05) is 17.8 Å². The van der Waals surface area contributed by atoms with Crippen molar-refractivity contribution in [1.29, 1.82) is 0 Å². The summed E-state index contributed by atoms with van der Waals surface area (Å²) in [6, 6.07) is 14.0. The van der Waals surface area contributed by atoms with Crippen LogP contribution in [0.1, 0.15) is 47.4 Å². The number of aromatic hydroxyl groups is 1. The molecule has 2 aromatic carbocycles. The lowest BCUT2D eigenvalue weighted by Gasteiger charge is -2.46. The molecule has 0 radical (unpaired) electrons. The molecule has 186 valence electrons. The van der Waals surface area contributed by atoms with E-state index in [4.69, 9.17) is 27.9 Å². The summed E-state index contributed by atoms with van der Waals surface area (Å²) in [6.45, 7) is 6.35. The molecule has 0 saturated heterocycles. The van der Waals surface area contributed by atoms with E-state index >= 15 is 0 Å². The van der Waals surface area contributed by atoms with Crippen LogP contribution < -0.4 is 15.2 Å². The van der Waals surface area contributed by atoms with Crippen molar-refractivity contribution in [1.82, 2.24) is 9.58 Å². The number of rotatable bonds is 7. The number of aromatic nitrogens is 1. The van der Waals surface area contributed by atoms with Crippen molar-refractivity contribution in [3.05, 3.63) is 104 Å². The van der Waals surface area contributed by atoms with Crippen LogP contribution in [0.4, 0.5) is 0 Å². The number of carbonyl (C=O) groups is 1. The topological polar surface area (TPSA) is 75.0 Å². The fourth-order valence-corrected chi connectivity index (χ4v) is 5.17. The zero-order valence-electron chi connectivity index (χ0n) is 19.7. The SMILES string of the molecule is C=CC1(N2CN([C@@H](c3ccccc3)c3ccc(Cl)c(Cl)c3OCC)n3ccc(=O)c(O)c3C2=O)CC1.